The third-order valence-corrected chi connectivity index (χ3v) is 4.92. The van der Waals surface area contributed by atoms with Crippen LogP contribution in [0.15, 0.2) is 34.8 Å². The minimum absolute atomic E-state index is 0.0553. The zero-order chi connectivity index (χ0) is 15.6. The summed E-state index contributed by atoms with van der Waals surface area (Å²) in [6, 6.07) is 9.57. The topological polar surface area (TPSA) is 12.0 Å². The molecule has 0 bridgehead atoms. The molecule has 2 rings (SSSR count). The van der Waals surface area contributed by atoms with E-state index in [1.54, 1.807) is 12.1 Å². The summed E-state index contributed by atoms with van der Waals surface area (Å²) in [5, 5.41) is 3.53. The quantitative estimate of drug-likeness (QED) is 0.592. The van der Waals surface area contributed by atoms with Crippen LogP contribution < -0.4 is 5.32 Å². The van der Waals surface area contributed by atoms with Gasteiger partial charge in [0.25, 0.3) is 0 Å². The third-order valence-electron chi connectivity index (χ3n) is 3.52. The summed E-state index contributed by atoms with van der Waals surface area (Å²) in [5.41, 5.74) is 4.29. The molecule has 4 heteroatoms. The standard InChI is InChI=1S/C17H18BrFIN/c1-4-21-17(14-9-13(20)5-6-15(14)18)16-10(2)7-12(19)8-11(16)3/h5-9,17,21H,4H2,1-3H3. The predicted octanol–water partition coefficient (Wildman–Crippen LogP) is 5.51. The number of halogens is 3. The molecule has 0 heterocycles. The first-order valence-corrected chi connectivity index (χ1v) is 8.76. The van der Waals surface area contributed by atoms with Crippen molar-refractivity contribution in [1.82, 2.24) is 5.32 Å². The lowest BCUT2D eigenvalue weighted by molar-refractivity contribution is 0.605. The molecule has 0 saturated heterocycles. The molecule has 112 valence electrons. The second kappa shape index (κ2) is 7.20. The molecule has 0 aliphatic rings. The van der Waals surface area contributed by atoms with Gasteiger partial charge in [0.05, 0.1) is 6.04 Å². The molecule has 0 aliphatic heterocycles. The van der Waals surface area contributed by atoms with E-state index in [9.17, 15) is 4.39 Å². The molecule has 1 N–H and O–H groups in total. The Balaban J connectivity index is 2.61. The SMILES string of the molecule is CCNC(c1cc(I)ccc1Br)c1c(C)cc(F)cc1C. The van der Waals surface area contributed by atoms with Crippen LogP contribution in [0.2, 0.25) is 0 Å². The van der Waals surface area contributed by atoms with E-state index in [0.29, 0.717) is 0 Å². The molecule has 1 unspecified atom stereocenters. The summed E-state index contributed by atoms with van der Waals surface area (Å²) in [6.45, 7) is 6.87. The zero-order valence-corrected chi connectivity index (χ0v) is 16.0. The second-order valence-corrected chi connectivity index (χ2v) is 7.21. The first kappa shape index (κ1) is 16.9. The molecule has 1 nitrogen and oxygen atoms in total. The Morgan fingerprint density at radius 2 is 1.81 bits per heavy atom. The van der Waals surface area contributed by atoms with E-state index in [4.69, 9.17) is 0 Å². The third kappa shape index (κ3) is 3.85. The summed E-state index contributed by atoms with van der Waals surface area (Å²) in [6.07, 6.45) is 0. The van der Waals surface area contributed by atoms with Crippen LogP contribution in [0.4, 0.5) is 4.39 Å². The summed E-state index contributed by atoms with van der Waals surface area (Å²) in [7, 11) is 0. The molecule has 0 radical (unpaired) electrons. The molecule has 2 aromatic rings. The van der Waals surface area contributed by atoms with Gasteiger partial charge in [0.1, 0.15) is 5.82 Å². The summed E-state index contributed by atoms with van der Waals surface area (Å²) < 4.78 is 15.8. The van der Waals surface area contributed by atoms with Crippen molar-refractivity contribution in [2.24, 2.45) is 0 Å². The van der Waals surface area contributed by atoms with Gasteiger partial charge in [-0.15, -0.1) is 0 Å². The Kier molecular flexibility index (Phi) is 5.80. The highest BCUT2D eigenvalue weighted by atomic mass is 127. The molecular weight excluding hydrogens is 444 g/mol. The summed E-state index contributed by atoms with van der Waals surface area (Å²) >= 11 is 5.96. The first-order valence-electron chi connectivity index (χ1n) is 6.89. The van der Waals surface area contributed by atoms with Gasteiger partial charge in [-0.2, -0.15) is 0 Å². The molecular formula is C17H18BrFIN. The second-order valence-electron chi connectivity index (χ2n) is 5.11. The normalized spacial score (nSPS) is 12.5. The van der Waals surface area contributed by atoms with Gasteiger partial charge in [-0.05, 0) is 95.6 Å². The van der Waals surface area contributed by atoms with Crippen LogP contribution in [-0.2, 0) is 0 Å². The van der Waals surface area contributed by atoms with Crippen molar-refractivity contribution >= 4 is 38.5 Å². The van der Waals surface area contributed by atoms with Crippen LogP contribution in [0.1, 0.15) is 35.2 Å². The number of aryl methyl sites for hydroxylation is 2. The van der Waals surface area contributed by atoms with Crippen molar-refractivity contribution in [2.45, 2.75) is 26.8 Å². The number of hydrogen-bond donors (Lipinski definition) is 1. The van der Waals surface area contributed by atoms with Gasteiger partial charge in [-0.1, -0.05) is 22.9 Å². The number of benzene rings is 2. The molecule has 1 atom stereocenters. The van der Waals surface area contributed by atoms with Gasteiger partial charge >= 0.3 is 0 Å². The fourth-order valence-electron chi connectivity index (χ4n) is 2.68. The zero-order valence-electron chi connectivity index (χ0n) is 12.3. The van der Waals surface area contributed by atoms with Crippen molar-refractivity contribution in [3.05, 3.63) is 66.4 Å². The van der Waals surface area contributed by atoms with Gasteiger partial charge in [0.15, 0.2) is 0 Å². The highest BCUT2D eigenvalue weighted by Crippen LogP contribution is 2.33. The van der Waals surface area contributed by atoms with Gasteiger partial charge in [-0.25, -0.2) is 4.39 Å². The predicted molar refractivity (Wildman–Crippen MR) is 98.3 cm³/mol. The number of hydrogen-bond acceptors (Lipinski definition) is 1. The van der Waals surface area contributed by atoms with E-state index in [0.717, 1.165) is 27.7 Å². The average Bonchev–Trinajstić information content (AvgIpc) is 2.39. The smallest absolute Gasteiger partial charge is 0.123 e. The van der Waals surface area contributed by atoms with Crippen LogP contribution in [-0.4, -0.2) is 6.54 Å². The molecule has 0 amide bonds. The van der Waals surface area contributed by atoms with E-state index in [1.165, 1.54) is 9.13 Å². The number of rotatable bonds is 4. The van der Waals surface area contributed by atoms with Crippen molar-refractivity contribution in [2.75, 3.05) is 6.54 Å². The van der Waals surface area contributed by atoms with Crippen molar-refractivity contribution < 1.29 is 4.39 Å². The van der Waals surface area contributed by atoms with Crippen LogP contribution >= 0.6 is 38.5 Å². The molecule has 0 spiro atoms. The fourth-order valence-corrected chi connectivity index (χ4v) is 3.68. The number of nitrogens with one attached hydrogen (secondary N) is 1. The van der Waals surface area contributed by atoms with Gasteiger partial charge in [0, 0.05) is 8.04 Å². The van der Waals surface area contributed by atoms with Crippen LogP contribution in [0, 0.1) is 23.2 Å². The lowest BCUT2D eigenvalue weighted by Gasteiger charge is -2.24. The van der Waals surface area contributed by atoms with Crippen molar-refractivity contribution in [1.29, 1.82) is 0 Å². The van der Waals surface area contributed by atoms with E-state index in [1.807, 2.05) is 13.8 Å². The Morgan fingerprint density at radius 1 is 1.19 bits per heavy atom. The molecule has 2 aromatic carbocycles. The molecule has 0 aromatic heterocycles. The van der Waals surface area contributed by atoms with E-state index in [-0.39, 0.29) is 11.9 Å². The Morgan fingerprint density at radius 3 is 2.38 bits per heavy atom. The monoisotopic (exact) mass is 461 g/mol. The van der Waals surface area contributed by atoms with Crippen molar-refractivity contribution in [3.8, 4) is 0 Å². The van der Waals surface area contributed by atoms with Crippen LogP contribution in [0.25, 0.3) is 0 Å². The molecule has 21 heavy (non-hydrogen) atoms. The van der Waals surface area contributed by atoms with Gasteiger partial charge < -0.3 is 5.32 Å². The Hall–Kier alpha value is -0.460. The lowest BCUT2D eigenvalue weighted by atomic mass is 9.91. The van der Waals surface area contributed by atoms with Gasteiger partial charge in [0.2, 0.25) is 0 Å². The van der Waals surface area contributed by atoms with E-state index >= 15 is 0 Å². The highest BCUT2D eigenvalue weighted by molar-refractivity contribution is 14.1. The Bertz CT molecular complexity index is 634. The average molecular weight is 462 g/mol. The van der Waals surface area contributed by atoms with Gasteiger partial charge in [-0.3, -0.25) is 0 Å². The fraction of sp³-hybridized carbons (Fsp3) is 0.294. The maximum Gasteiger partial charge on any atom is 0.123 e. The highest BCUT2D eigenvalue weighted by Gasteiger charge is 2.20. The minimum Gasteiger partial charge on any atom is -0.306 e. The van der Waals surface area contributed by atoms with Crippen LogP contribution in [0.3, 0.4) is 0 Å². The Labute approximate surface area is 147 Å². The summed E-state index contributed by atoms with van der Waals surface area (Å²) in [4.78, 5) is 0. The molecule has 0 aliphatic carbocycles. The van der Waals surface area contributed by atoms with E-state index in [2.05, 4.69) is 69.0 Å². The maximum atomic E-state index is 13.6. The largest absolute Gasteiger partial charge is 0.306 e. The molecule has 0 saturated carbocycles. The van der Waals surface area contributed by atoms with E-state index < -0.39 is 0 Å². The van der Waals surface area contributed by atoms with Crippen LogP contribution in [0.5, 0.6) is 0 Å². The maximum absolute atomic E-state index is 13.6. The molecule has 0 fully saturated rings. The minimum atomic E-state index is -0.175. The van der Waals surface area contributed by atoms with Crippen molar-refractivity contribution in [3.63, 3.8) is 0 Å². The lowest BCUT2D eigenvalue weighted by Crippen LogP contribution is -2.24. The first-order chi connectivity index (χ1) is 9.93. The summed E-state index contributed by atoms with van der Waals surface area (Å²) in [5.74, 6) is -0.175.